The fourth-order valence-electron chi connectivity index (χ4n) is 2.71. The topological polar surface area (TPSA) is 67.9 Å². The Labute approximate surface area is 176 Å². The number of nitrogens with zero attached hydrogens (tertiary/aromatic N) is 1. The first-order chi connectivity index (χ1) is 13.8. The van der Waals surface area contributed by atoms with Crippen LogP contribution < -0.4 is 14.8 Å². The van der Waals surface area contributed by atoms with Gasteiger partial charge in [-0.3, -0.25) is 9.59 Å². The molecule has 0 aliphatic rings. The van der Waals surface area contributed by atoms with Crippen LogP contribution in [0.3, 0.4) is 0 Å². The molecule has 0 aliphatic heterocycles. The molecule has 0 spiro atoms. The van der Waals surface area contributed by atoms with E-state index in [2.05, 4.69) is 5.32 Å². The Morgan fingerprint density at radius 2 is 1.79 bits per heavy atom. The van der Waals surface area contributed by atoms with Gasteiger partial charge in [-0.1, -0.05) is 37.6 Å². The molecular weight excluding hydrogens is 392 g/mol. The molecule has 29 heavy (non-hydrogen) atoms. The fourth-order valence-corrected chi connectivity index (χ4v) is 2.97. The van der Waals surface area contributed by atoms with Crippen molar-refractivity contribution < 1.29 is 19.1 Å². The zero-order valence-electron chi connectivity index (χ0n) is 17.4. The summed E-state index contributed by atoms with van der Waals surface area (Å²) >= 11 is 6.35. The van der Waals surface area contributed by atoms with Crippen LogP contribution in [-0.4, -0.2) is 44.5 Å². The van der Waals surface area contributed by atoms with Gasteiger partial charge in [0.2, 0.25) is 0 Å². The summed E-state index contributed by atoms with van der Waals surface area (Å²) in [5, 5.41) is 2.91. The van der Waals surface area contributed by atoms with Crippen molar-refractivity contribution in [3.8, 4) is 11.5 Å². The zero-order chi connectivity index (χ0) is 21.6. The molecule has 0 saturated heterocycles. The van der Waals surface area contributed by atoms with E-state index >= 15 is 0 Å². The normalized spacial score (nSPS) is 10.6. The van der Waals surface area contributed by atoms with Gasteiger partial charge in [-0.05, 0) is 35.7 Å². The van der Waals surface area contributed by atoms with E-state index in [1.165, 1.54) is 7.11 Å². The van der Waals surface area contributed by atoms with Crippen LogP contribution in [0.15, 0.2) is 36.4 Å². The van der Waals surface area contributed by atoms with Gasteiger partial charge >= 0.3 is 0 Å². The summed E-state index contributed by atoms with van der Waals surface area (Å²) in [4.78, 5) is 26.1. The summed E-state index contributed by atoms with van der Waals surface area (Å²) in [5.74, 6) is 0.841. The van der Waals surface area contributed by atoms with Crippen molar-refractivity contribution in [2.75, 3.05) is 27.8 Å². The highest BCUT2D eigenvalue weighted by molar-refractivity contribution is 6.32. The van der Waals surface area contributed by atoms with Gasteiger partial charge in [-0.2, -0.15) is 0 Å². The summed E-state index contributed by atoms with van der Waals surface area (Å²) in [7, 11) is 4.81. The molecule has 2 aromatic carbocycles. The van der Waals surface area contributed by atoms with Gasteiger partial charge in [0.15, 0.2) is 11.5 Å². The summed E-state index contributed by atoms with van der Waals surface area (Å²) in [5.41, 5.74) is 1.88. The van der Waals surface area contributed by atoms with E-state index in [0.29, 0.717) is 46.7 Å². The molecule has 6 nitrogen and oxygen atoms in total. The lowest BCUT2D eigenvalue weighted by molar-refractivity contribution is 0.0784. The predicted octanol–water partition coefficient (Wildman–Crippen LogP) is 4.02. The molecule has 0 aromatic heterocycles. The number of ether oxygens (including phenoxy) is 2. The molecule has 2 rings (SSSR count). The van der Waals surface area contributed by atoms with Gasteiger partial charge in [0.1, 0.15) is 0 Å². The highest BCUT2D eigenvalue weighted by Crippen LogP contribution is 2.37. The maximum Gasteiger partial charge on any atom is 0.254 e. The smallest absolute Gasteiger partial charge is 0.254 e. The average molecular weight is 419 g/mol. The summed E-state index contributed by atoms with van der Waals surface area (Å²) < 4.78 is 11.1. The molecule has 0 aliphatic carbocycles. The van der Waals surface area contributed by atoms with Crippen molar-refractivity contribution in [2.24, 2.45) is 5.92 Å². The van der Waals surface area contributed by atoms with Crippen molar-refractivity contribution in [1.29, 1.82) is 0 Å². The number of nitrogens with one attached hydrogen (secondary N) is 1. The monoisotopic (exact) mass is 418 g/mol. The fraction of sp³-hybridized carbons (Fsp3) is 0.364. The first-order valence-corrected chi connectivity index (χ1v) is 9.71. The second-order valence-corrected chi connectivity index (χ2v) is 7.54. The highest BCUT2D eigenvalue weighted by atomic mass is 35.5. The molecular formula is C22H27ClN2O4. The third-order valence-electron chi connectivity index (χ3n) is 4.25. The number of carbonyl (C=O) groups is 2. The standard InChI is InChI=1S/C22H27ClN2O4/c1-14(2)13-29-20-18(23)10-17(11-19(20)28-5)22(27)25(4)12-15-6-8-16(9-7-15)21(26)24-3/h6-11,14H,12-13H2,1-5H3,(H,24,26). The summed E-state index contributed by atoms with van der Waals surface area (Å²) in [6.45, 7) is 4.95. The second kappa shape index (κ2) is 10.2. The molecule has 1 N–H and O–H groups in total. The Hall–Kier alpha value is -2.73. The maximum absolute atomic E-state index is 12.9. The van der Waals surface area contributed by atoms with Gasteiger partial charge in [0.25, 0.3) is 11.8 Å². The van der Waals surface area contributed by atoms with E-state index in [1.807, 2.05) is 26.0 Å². The molecule has 156 valence electrons. The third kappa shape index (κ3) is 5.87. The van der Waals surface area contributed by atoms with Gasteiger partial charge in [0, 0.05) is 31.8 Å². The lowest BCUT2D eigenvalue weighted by atomic mass is 10.1. The predicted molar refractivity (Wildman–Crippen MR) is 114 cm³/mol. The molecule has 0 saturated carbocycles. The quantitative estimate of drug-likeness (QED) is 0.703. The number of carbonyl (C=O) groups excluding carboxylic acids is 2. The lowest BCUT2D eigenvalue weighted by Gasteiger charge is -2.20. The van der Waals surface area contributed by atoms with Crippen LogP contribution in [-0.2, 0) is 6.54 Å². The number of hydrogen-bond acceptors (Lipinski definition) is 4. The van der Waals surface area contributed by atoms with Gasteiger partial charge in [-0.15, -0.1) is 0 Å². The summed E-state index contributed by atoms with van der Waals surface area (Å²) in [6.07, 6.45) is 0. The Bertz CT molecular complexity index is 866. The van der Waals surface area contributed by atoms with Gasteiger partial charge in [-0.25, -0.2) is 0 Å². The molecule has 0 atom stereocenters. The van der Waals surface area contributed by atoms with E-state index in [9.17, 15) is 9.59 Å². The van der Waals surface area contributed by atoms with Crippen LogP contribution in [0.4, 0.5) is 0 Å². The number of benzene rings is 2. The van der Waals surface area contributed by atoms with Crippen LogP contribution in [0.25, 0.3) is 0 Å². The molecule has 0 heterocycles. The SMILES string of the molecule is CNC(=O)c1ccc(CN(C)C(=O)c2cc(Cl)c(OCC(C)C)c(OC)c2)cc1. The van der Waals surface area contributed by atoms with Crippen molar-refractivity contribution >= 4 is 23.4 Å². The van der Waals surface area contributed by atoms with E-state index < -0.39 is 0 Å². The molecule has 0 fully saturated rings. The Balaban J connectivity index is 2.16. The first-order valence-electron chi connectivity index (χ1n) is 9.33. The van der Waals surface area contributed by atoms with E-state index in [1.54, 1.807) is 43.3 Å². The van der Waals surface area contributed by atoms with Crippen LogP contribution in [0.5, 0.6) is 11.5 Å². The lowest BCUT2D eigenvalue weighted by Crippen LogP contribution is -2.26. The minimum Gasteiger partial charge on any atom is -0.493 e. The number of hydrogen-bond donors (Lipinski definition) is 1. The van der Waals surface area contributed by atoms with Crippen molar-refractivity contribution in [2.45, 2.75) is 20.4 Å². The number of rotatable bonds is 8. The minimum absolute atomic E-state index is 0.150. The molecule has 2 aromatic rings. The van der Waals surface area contributed by atoms with E-state index in [-0.39, 0.29) is 11.8 Å². The highest BCUT2D eigenvalue weighted by Gasteiger charge is 2.19. The molecule has 0 unspecified atom stereocenters. The van der Waals surface area contributed by atoms with Crippen molar-refractivity contribution in [3.05, 3.63) is 58.1 Å². The Morgan fingerprint density at radius 1 is 1.14 bits per heavy atom. The van der Waals surface area contributed by atoms with Gasteiger partial charge in [0.05, 0.1) is 18.7 Å². The van der Waals surface area contributed by atoms with Crippen LogP contribution >= 0.6 is 11.6 Å². The largest absolute Gasteiger partial charge is 0.493 e. The van der Waals surface area contributed by atoms with Gasteiger partial charge < -0.3 is 19.7 Å². The minimum atomic E-state index is -0.198. The van der Waals surface area contributed by atoms with E-state index in [4.69, 9.17) is 21.1 Å². The number of halogens is 1. The second-order valence-electron chi connectivity index (χ2n) is 7.13. The first kappa shape index (κ1) is 22.6. The Kier molecular flexibility index (Phi) is 7.91. The van der Waals surface area contributed by atoms with E-state index in [0.717, 1.165) is 5.56 Å². The van der Waals surface area contributed by atoms with Crippen molar-refractivity contribution in [3.63, 3.8) is 0 Å². The van der Waals surface area contributed by atoms with Crippen LogP contribution in [0.2, 0.25) is 5.02 Å². The molecule has 2 amide bonds. The Morgan fingerprint density at radius 3 is 2.34 bits per heavy atom. The summed E-state index contributed by atoms with van der Waals surface area (Å²) in [6, 6.07) is 10.3. The zero-order valence-corrected chi connectivity index (χ0v) is 18.2. The number of methoxy groups -OCH3 is 1. The average Bonchev–Trinajstić information content (AvgIpc) is 2.71. The molecule has 0 bridgehead atoms. The van der Waals surface area contributed by atoms with Crippen LogP contribution in [0, 0.1) is 5.92 Å². The third-order valence-corrected chi connectivity index (χ3v) is 4.53. The number of amides is 2. The van der Waals surface area contributed by atoms with Crippen LogP contribution in [0.1, 0.15) is 40.1 Å². The maximum atomic E-state index is 12.9. The molecule has 0 radical (unpaired) electrons. The van der Waals surface area contributed by atoms with Crippen molar-refractivity contribution in [1.82, 2.24) is 10.2 Å². The molecule has 7 heteroatoms.